The molecule has 0 saturated heterocycles. The number of phenolic OH excluding ortho intramolecular Hbond substituents is 1. The standard InChI is InChI=1S/C14H15NO/c16-14-5-4-11-6-8-15(13-2-1-3-13)9-7-12(11)10-14/h1-5,10,16H,6-9H2. The summed E-state index contributed by atoms with van der Waals surface area (Å²) in [5, 5.41) is 9.48. The summed E-state index contributed by atoms with van der Waals surface area (Å²) >= 11 is 0. The first-order chi connectivity index (χ1) is 7.83. The molecule has 2 aliphatic rings. The minimum absolute atomic E-state index is 0.384. The molecule has 1 heterocycles. The first-order valence-electron chi connectivity index (χ1n) is 5.77. The van der Waals surface area contributed by atoms with Crippen LogP contribution < -0.4 is 0 Å². The lowest BCUT2D eigenvalue weighted by Crippen LogP contribution is -2.26. The van der Waals surface area contributed by atoms with Gasteiger partial charge in [-0.2, -0.15) is 0 Å². The third-order valence-corrected chi connectivity index (χ3v) is 3.39. The molecular weight excluding hydrogens is 198 g/mol. The predicted octanol–water partition coefficient (Wildman–Crippen LogP) is 2.25. The molecule has 2 heteroatoms. The summed E-state index contributed by atoms with van der Waals surface area (Å²) in [6.07, 6.45) is 8.50. The molecule has 2 nitrogen and oxygen atoms in total. The van der Waals surface area contributed by atoms with Gasteiger partial charge in [-0.1, -0.05) is 12.1 Å². The molecule has 0 aromatic heterocycles. The van der Waals surface area contributed by atoms with Crippen LogP contribution in [0.25, 0.3) is 0 Å². The number of hydrogen-bond donors (Lipinski definition) is 1. The van der Waals surface area contributed by atoms with Gasteiger partial charge in [0.1, 0.15) is 5.75 Å². The fourth-order valence-electron chi connectivity index (χ4n) is 2.36. The summed E-state index contributed by atoms with van der Waals surface area (Å²) in [5.74, 6) is 0.384. The molecule has 1 aliphatic heterocycles. The highest BCUT2D eigenvalue weighted by Gasteiger charge is 2.16. The Labute approximate surface area is 95.5 Å². The Morgan fingerprint density at radius 1 is 1.06 bits per heavy atom. The largest absolute Gasteiger partial charge is 0.508 e. The second-order valence-electron chi connectivity index (χ2n) is 4.39. The quantitative estimate of drug-likeness (QED) is 0.773. The summed E-state index contributed by atoms with van der Waals surface area (Å²) < 4.78 is 0. The van der Waals surface area contributed by atoms with Crippen LogP contribution in [0.1, 0.15) is 11.1 Å². The van der Waals surface area contributed by atoms with Crippen molar-refractivity contribution in [2.45, 2.75) is 12.8 Å². The minimum Gasteiger partial charge on any atom is -0.508 e. The number of phenols is 1. The molecule has 0 saturated carbocycles. The normalized spacial score (nSPS) is 18.5. The third kappa shape index (κ3) is 1.60. The molecule has 3 rings (SSSR count). The van der Waals surface area contributed by atoms with Crippen molar-refractivity contribution in [1.29, 1.82) is 0 Å². The van der Waals surface area contributed by atoms with Crippen molar-refractivity contribution in [1.82, 2.24) is 4.90 Å². The molecule has 1 aromatic rings. The van der Waals surface area contributed by atoms with Gasteiger partial charge >= 0.3 is 0 Å². The van der Waals surface area contributed by atoms with Gasteiger partial charge in [-0.05, 0) is 48.3 Å². The Morgan fingerprint density at radius 2 is 1.81 bits per heavy atom. The Hall–Kier alpha value is -1.70. The van der Waals surface area contributed by atoms with Crippen LogP contribution in [0.5, 0.6) is 5.75 Å². The summed E-state index contributed by atoms with van der Waals surface area (Å²) in [4.78, 5) is 2.41. The van der Waals surface area contributed by atoms with E-state index in [1.807, 2.05) is 6.07 Å². The van der Waals surface area contributed by atoms with Crippen LogP contribution in [0.15, 0.2) is 42.1 Å². The van der Waals surface area contributed by atoms with Crippen LogP contribution in [-0.4, -0.2) is 23.1 Å². The van der Waals surface area contributed by atoms with Crippen LogP contribution in [0.4, 0.5) is 0 Å². The molecule has 0 fully saturated rings. The van der Waals surface area contributed by atoms with Crippen LogP contribution >= 0.6 is 0 Å². The minimum atomic E-state index is 0.384. The van der Waals surface area contributed by atoms with Crippen LogP contribution in [-0.2, 0) is 12.8 Å². The van der Waals surface area contributed by atoms with Gasteiger partial charge in [-0.25, -0.2) is 0 Å². The second-order valence-corrected chi connectivity index (χ2v) is 4.39. The molecule has 1 aliphatic carbocycles. The van der Waals surface area contributed by atoms with E-state index in [1.165, 1.54) is 16.8 Å². The number of rotatable bonds is 1. The van der Waals surface area contributed by atoms with Gasteiger partial charge < -0.3 is 10.0 Å². The van der Waals surface area contributed by atoms with E-state index < -0.39 is 0 Å². The number of nitrogens with zero attached hydrogens (tertiary/aromatic N) is 1. The van der Waals surface area contributed by atoms with Crippen LogP contribution in [0.3, 0.4) is 0 Å². The van der Waals surface area contributed by atoms with E-state index in [0.717, 1.165) is 25.9 Å². The summed E-state index contributed by atoms with van der Waals surface area (Å²) in [6, 6.07) is 5.75. The Balaban J connectivity index is 1.81. The van der Waals surface area contributed by atoms with Gasteiger partial charge in [0, 0.05) is 18.8 Å². The maximum atomic E-state index is 9.48. The van der Waals surface area contributed by atoms with Crippen LogP contribution in [0.2, 0.25) is 0 Å². The number of hydrogen-bond acceptors (Lipinski definition) is 2. The Bertz CT molecular complexity index is 474. The number of benzene rings is 1. The zero-order valence-corrected chi connectivity index (χ0v) is 9.19. The molecule has 16 heavy (non-hydrogen) atoms. The fourth-order valence-corrected chi connectivity index (χ4v) is 2.36. The van der Waals surface area contributed by atoms with E-state index in [9.17, 15) is 5.11 Å². The number of allylic oxidation sites excluding steroid dienone is 3. The van der Waals surface area contributed by atoms with Gasteiger partial charge in [0.05, 0.1) is 0 Å². The third-order valence-electron chi connectivity index (χ3n) is 3.39. The summed E-state index contributed by atoms with van der Waals surface area (Å²) in [5.41, 5.74) is 4.02. The lowest BCUT2D eigenvalue weighted by Gasteiger charge is -2.26. The van der Waals surface area contributed by atoms with Crippen molar-refractivity contribution in [2.75, 3.05) is 13.1 Å². The molecule has 0 unspecified atom stereocenters. The highest BCUT2D eigenvalue weighted by Crippen LogP contribution is 2.23. The van der Waals surface area contributed by atoms with E-state index in [0.29, 0.717) is 5.75 Å². The molecule has 0 amide bonds. The van der Waals surface area contributed by atoms with Crippen molar-refractivity contribution in [2.24, 2.45) is 0 Å². The highest BCUT2D eigenvalue weighted by atomic mass is 16.3. The lowest BCUT2D eigenvalue weighted by molar-refractivity contribution is 0.370. The average Bonchev–Trinajstić information content (AvgIpc) is 2.39. The van der Waals surface area contributed by atoms with Crippen molar-refractivity contribution in [3.05, 3.63) is 53.3 Å². The van der Waals surface area contributed by atoms with Gasteiger partial charge in [0.25, 0.3) is 0 Å². The van der Waals surface area contributed by atoms with E-state index in [1.54, 1.807) is 6.07 Å². The maximum absolute atomic E-state index is 9.48. The van der Waals surface area contributed by atoms with Gasteiger partial charge in [-0.15, -0.1) is 0 Å². The van der Waals surface area contributed by atoms with E-state index >= 15 is 0 Å². The lowest BCUT2D eigenvalue weighted by atomic mass is 10.0. The zero-order chi connectivity index (χ0) is 11.0. The van der Waals surface area contributed by atoms with Crippen molar-refractivity contribution in [3.8, 4) is 5.75 Å². The van der Waals surface area contributed by atoms with Crippen LogP contribution in [0, 0.1) is 0 Å². The predicted molar refractivity (Wildman–Crippen MR) is 64.3 cm³/mol. The average molecular weight is 213 g/mol. The molecule has 1 aromatic carbocycles. The molecule has 1 N–H and O–H groups in total. The van der Waals surface area contributed by atoms with E-state index in [4.69, 9.17) is 0 Å². The first kappa shape index (κ1) is 9.52. The van der Waals surface area contributed by atoms with Gasteiger partial charge in [0.15, 0.2) is 0 Å². The topological polar surface area (TPSA) is 23.5 Å². The molecule has 0 radical (unpaired) electrons. The molecule has 82 valence electrons. The van der Waals surface area contributed by atoms with Gasteiger partial charge in [-0.3, -0.25) is 0 Å². The second kappa shape index (κ2) is 3.71. The number of fused-ring (bicyclic) bond motifs is 1. The fraction of sp³-hybridized carbons (Fsp3) is 0.286. The van der Waals surface area contributed by atoms with Crippen molar-refractivity contribution in [3.63, 3.8) is 0 Å². The highest BCUT2D eigenvalue weighted by molar-refractivity contribution is 5.38. The van der Waals surface area contributed by atoms with Crippen molar-refractivity contribution < 1.29 is 5.11 Å². The summed E-state index contributed by atoms with van der Waals surface area (Å²) in [7, 11) is 0. The van der Waals surface area contributed by atoms with Crippen molar-refractivity contribution >= 4 is 0 Å². The maximum Gasteiger partial charge on any atom is 0.115 e. The van der Waals surface area contributed by atoms with E-state index in [-0.39, 0.29) is 0 Å². The molecule has 0 spiro atoms. The number of aromatic hydroxyl groups is 1. The smallest absolute Gasteiger partial charge is 0.115 e. The van der Waals surface area contributed by atoms with Gasteiger partial charge in [0.2, 0.25) is 0 Å². The molecular formula is C14H15NO. The first-order valence-corrected chi connectivity index (χ1v) is 5.77. The zero-order valence-electron chi connectivity index (χ0n) is 9.19. The Kier molecular flexibility index (Phi) is 2.21. The molecule has 0 atom stereocenters. The van der Waals surface area contributed by atoms with E-state index in [2.05, 4.69) is 29.2 Å². The monoisotopic (exact) mass is 213 g/mol. The Morgan fingerprint density at radius 3 is 2.50 bits per heavy atom. The SMILES string of the molecule is Oc1ccc2c(c1)CCN(C1=CC=C1)CC2. The summed E-state index contributed by atoms with van der Waals surface area (Å²) in [6.45, 7) is 2.13. The molecule has 0 bridgehead atoms.